The van der Waals surface area contributed by atoms with Gasteiger partial charge < -0.3 is 9.64 Å². The highest BCUT2D eigenvalue weighted by atomic mass is 35.5. The Balaban J connectivity index is 1.95. The molecule has 0 unspecified atom stereocenters. The summed E-state index contributed by atoms with van der Waals surface area (Å²) < 4.78 is 33.1. The number of ether oxygens (including phenoxy) is 1. The molecule has 2 aromatic rings. The molecule has 0 saturated carbocycles. The summed E-state index contributed by atoms with van der Waals surface area (Å²) in [6, 6.07) is 10.9. The van der Waals surface area contributed by atoms with Crippen molar-refractivity contribution in [2.75, 3.05) is 24.9 Å². The summed E-state index contributed by atoms with van der Waals surface area (Å²) in [6.07, 6.45) is 0.958. The number of amides is 1. The van der Waals surface area contributed by atoms with Crippen molar-refractivity contribution >= 4 is 33.2 Å². The van der Waals surface area contributed by atoms with Gasteiger partial charge in [0, 0.05) is 18.7 Å². The average Bonchev–Trinajstić information content (AvgIpc) is 2.53. The number of methoxy groups -OCH3 is 1. The Labute approximate surface area is 151 Å². The van der Waals surface area contributed by atoms with Crippen LogP contribution in [0.1, 0.15) is 16.8 Å². The van der Waals surface area contributed by atoms with Crippen LogP contribution in [0.15, 0.2) is 47.4 Å². The molecule has 0 aromatic heterocycles. The van der Waals surface area contributed by atoms with Crippen LogP contribution >= 0.6 is 11.6 Å². The molecule has 1 N–H and O–H groups in total. The first-order chi connectivity index (χ1) is 11.9. The molecule has 1 aliphatic rings. The Morgan fingerprint density at radius 3 is 2.56 bits per heavy atom. The van der Waals surface area contributed by atoms with Crippen molar-refractivity contribution < 1.29 is 17.9 Å². The van der Waals surface area contributed by atoms with Gasteiger partial charge in [0.1, 0.15) is 10.6 Å². The van der Waals surface area contributed by atoms with Crippen molar-refractivity contribution in [3.63, 3.8) is 0 Å². The van der Waals surface area contributed by atoms with Gasteiger partial charge in [-0.2, -0.15) is 0 Å². The van der Waals surface area contributed by atoms with Crippen molar-refractivity contribution in [3.05, 3.63) is 53.1 Å². The number of hydrogen-bond acceptors (Lipinski definition) is 4. The molecule has 1 aliphatic heterocycles. The maximum Gasteiger partial charge on any atom is 0.263 e. The van der Waals surface area contributed by atoms with Crippen LogP contribution in [0.25, 0.3) is 0 Å². The highest BCUT2D eigenvalue weighted by molar-refractivity contribution is 7.92. The number of rotatable bonds is 5. The number of likely N-dealkylation sites (tertiary alicyclic amines) is 1. The molecular formula is C17H17ClN2O4S. The molecule has 6 nitrogen and oxygen atoms in total. The van der Waals surface area contributed by atoms with E-state index in [4.69, 9.17) is 16.3 Å². The number of hydrogen-bond donors (Lipinski definition) is 1. The van der Waals surface area contributed by atoms with Crippen LogP contribution in [0.5, 0.6) is 5.75 Å². The van der Waals surface area contributed by atoms with Crippen LogP contribution < -0.4 is 9.46 Å². The van der Waals surface area contributed by atoms with Gasteiger partial charge in [-0.25, -0.2) is 8.42 Å². The zero-order valence-electron chi connectivity index (χ0n) is 13.5. The third-order valence-electron chi connectivity index (χ3n) is 3.96. The first-order valence-corrected chi connectivity index (χ1v) is 9.53. The van der Waals surface area contributed by atoms with Gasteiger partial charge in [0.05, 0.1) is 17.8 Å². The number of nitrogens with one attached hydrogen (secondary N) is 1. The van der Waals surface area contributed by atoms with Gasteiger partial charge in [0.25, 0.3) is 15.9 Å². The molecule has 25 heavy (non-hydrogen) atoms. The van der Waals surface area contributed by atoms with Crippen molar-refractivity contribution in [1.29, 1.82) is 0 Å². The van der Waals surface area contributed by atoms with Gasteiger partial charge in [-0.05, 0) is 36.8 Å². The second-order valence-corrected chi connectivity index (χ2v) is 7.65. The Morgan fingerprint density at radius 2 is 1.92 bits per heavy atom. The summed E-state index contributed by atoms with van der Waals surface area (Å²) in [5.41, 5.74) is 0.588. The molecule has 0 atom stereocenters. The highest BCUT2D eigenvalue weighted by Gasteiger charge is 2.25. The third kappa shape index (κ3) is 3.57. The lowest BCUT2D eigenvalue weighted by atomic mass is 10.1. The molecular weight excluding hydrogens is 364 g/mol. The van der Waals surface area contributed by atoms with Crippen molar-refractivity contribution in [1.82, 2.24) is 4.90 Å². The molecule has 1 saturated heterocycles. The molecule has 0 aliphatic carbocycles. The fraction of sp³-hybridized carbons (Fsp3) is 0.235. The second kappa shape index (κ2) is 6.93. The fourth-order valence-corrected chi connectivity index (χ4v) is 4.07. The van der Waals surface area contributed by atoms with Gasteiger partial charge in [0.15, 0.2) is 0 Å². The van der Waals surface area contributed by atoms with E-state index in [2.05, 4.69) is 4.72 Å². The monoisotopic (exact) mass is 380 g/mol. The molecule has 1 amide bonds. The van der Waals surface area contributed by atoms with Gasteiger partial charge in [-0.3, -0.25) is 9.52 Å². The molecule has 0 bridgehead atoms. The normalized spacial score (nSPS) is 13.9. The van der Waals surface area contributed by atoms with Crippen LogP contribution in [0.2, 0.25) is 5.02 Å². The maximum absolute atomic E-state index is 12.7. The fourth-order valence-electron chi connectivity index (χ4n) is 2.47. The van der Waals surface area contributed by atoms with E-state index in [1.807, 2.05) is 0 Å². The van der Waals surface area contributed by atoms with Crippen LogP contribution in [-0.4, -0.2) is 39.4 Å². The summed E-state index contributed by atoms with van der Waals surface area (Å²) in [5.74, 6) is 0.187. The minimum absolute atomic E-state index is 0.0440. The molecule has 1 fully saturated rings. The van der Waals surface area contributed by atoms with Crippen LogP contribution in [0.4, 0.5) is 5.69 Å². The summed E-state index contributed by atoms with van der Waals surface area (Å²) in [6.45, 7) is 1.37. The number of sulfonamides is 1. The Hall–Kier alpha value is -2.25. The number of anilines is 1. The van der Waals surface area contributed by atoms with E-state index < -0.39 is 10.0 Å². The lowest BCUT2D eigenvalue weighted by Gasteiger charge is -2.31. The zero-order valence-corrected chi connectivity index (χ0v) is 15.1. The number of para-hydroxylation sites is 2. The van der Waals surface area contributed by atoms with Crippen molar-refractivity contribution in [2.45, 2.75) is 11.3 Å². The summed E-state index contributed by atoms with van der Waals surface area (Å²) in [5, 5.41) is 0.0440. The molecule has 0 spiro atoms. The first kappa shape index (κ1) is 17.6. The van der Waals surface area contributed by atoms with E-state index in [1.165, 1.54) is 25.3 Å². The molecule has 132 valence electrons. The number of benzene rings is 2. The van der Waals surface area contributed by atoms with Crippen LogP contribution in [0, 0.1) is 0 Å². The van der Waals surface area contributed by atoms with Crippen LogP contribution in [-0.2, 0) is 10.0 Å². The lowest BCUT2D eigenvalue weighted by molar-refractivity contribution is 0.0651. The molecule has 8 heteroatoms. The minimum atomic E-state index is -3.98. The molecule has 2 aromatic carbocycles. The average molecular weight is 381 g/mol. The molecule has 0 radical (unpaired) electrons. The van der Waals surface area contributed by atoms with Gasteiger partial charge in [-0.15, -0.1) is 0 Å². The van der Waals surface area contributed by atoms with E-state index >= 15 is 0 Å². The van der Waals surface area contributed by atoms with Gasteiger partial charge in [-0.1, -0.05) is 23.7 Å². The largest absolute Gasteiger partial charge is 0.495 e. The topological polar surface area (TPSA) is 75.7 Å². The molecule has 1 heterocycles. The van der Waals surface area contributed by atoms with Crippen molar-refractivity contribution in [2.24, 2.45) is 0 Å². The lowest BCUT2D eigenvalue weighted by Crippen LogP contribution is -2.42. The summed E-state index contributed by atoms with van der Waals surface area (Å²) in [7, 11) is -2.53. The Bertz CT molecular complexity index is 911. The van der Waals surface area contributed by atoms with Gasteiger partial charge >= 0.3 is 0 Å². The van der Waals surface area contributed by atoms with E-state index in [0.29, 0.717) is 30.1 Å². The van der Waals surface area contributed by atoms with Gasteiger partial charge in [0.2, 0.25) is 0 Å². The first-order valence-electron chi connectivity index (χ1n) is 7.67. The Kier molecular flexibility index (Phi) is 4.87. The highest BCUT2D eigenvalue weighted by Crippen LogP contribution is 2.29. The van der Waals surface area contributed by atoms with Crippen molar-refractivity contribution in [3.8, 4) is 5.75 Å². The van der Waals surface area contributed by atoms with E-state index in [1.54, 1.807) is 29.2 Å². The molecule has 3 rings (SSSR count). The second-order valence-electron chi connectivity index (χ2n) is 5.60. The third-order valence-corrected chi connectivity index (χ3v) is 5.81. The van der Waals surface area contributed by atoms with E-state index in [0.717, 1.165) is 6.42 Å². The summed E-state index contributed by atoms with van der Waals surface area (Å²) in [4.78, 5) is 13.8. The van der Waals surface area contributed by atoms with E-state index in [9.17, 15) is 13.2 Å². The SMILES string of the molecule is COc1ccccc1NS(=O)(=O)c1cc(C(=O)N2CCC2)ccc1Cl. The predicted octanol–water partition coefficient (Wildman–Crippen LogP) is 3.00. The maximum atomic E-state index is 12.7. The predicted molar refractivity (Wildman–Crippen MR) is 95.8 cm³/mol. The quantitative estimate of drug-likeness (QED) is 0.865. The Morgan fingerprint density at radius 1 is 1.20 bits per heavy atom. The zero-order chi connectivity index (χ0) is 18.0. The number of carbonyl (C=O) groups is 1. The minimum Gasteiger partial charge on any atom is -0.495 e. The smallest absolute Gasteiger partial charge is 0.263 e. The summed E-state index contributed by atoms with van der Waals surface area (Å²) >= 11 is 6.08. The number of nitrogens with zero attached hydrogens (tertiary/aromatic N) is 1. The standard InChI is InChI=1S/C17H17ClN2O4S/c1-24-15-6-3-2-5-14(15)19-25(22,23)16-11-12(7-8-13(16)18)17(21)20-9-4-10-20/h2-3,5-8,11,19H,4,9-10H2,1H3. The van der Waals surface area contributed by atoms with Crippen LogP contribution in [0.3, 0.4) is 0 Å². The number of carbonyl (C=O) groups excluding carboxylic acids is 1. The number of halogens is 1. The van der Waals surface area contributed by atoms with E-state index in [-0.39, 0.29) is 15.8 Å².